The van der Waals surface area contributed by atoms with Crippen molar-refractivity contribution in [3.8, 4) is 0 Å². The summed E-state index contributed by atoms with van der Waals surface area (Å²) >= 11 is 0. The van der Waals surface area contributed by atoms with Crippen molar-refractivity contribution < 1.29 is 27.6 Å². The smallest absolute Gasteiger partial charge is 0.479 e. The van der Waals surface area contributed by atoms with Gasteiger partial charge in [-0.2, -0.15) is 0 Å². The van der Waals surface area contributed by atoms with E-state index in [1.54, 1.807) is 0 Å². The lowest BCUT2D eigenvalue weighted by molar-refractivity contribution is -0.161. The zero-order valence-corrected chi connectivity index (χ0v) is 9.41. The fourth-order valence-electron chi connectivity index (χ4n) is 2.13. The zero-order valence-electron chi connectivity index (χ0n) is 9.41. The molecule has 0 aromatic heterocycles. The topological polar surface area (TPSA) is 46.5 Å². The highest BCUT2D eigenvalue weighted by Gasteiger charge is 2.44. The summed E-state index contributed by atoms with van der Waals surface area (Å²) in [6, 6.07) is 4.18. The second-order valence-corrected chi connectivity index (χ2v) is 4.28. The molecule has 7 heteroatoms. The second kappa shape index (κ2) is 4.31. The summed E-state index contributed by atoms with van der Waals surface area (Å²) < 4.78 is 42.6. The fourth-order valence-corrected chi connectivity index (χ4v) is 2.13. The summed E-state index contributed by atoms with van der Waals surface area (Å²) in [4.78, 5) is 11.3. The van der Waals surface area contributed by atoms with Crippen LogP contribution in [0.15, 0.2) is 24.3 Å². The van der Waals surface area contributed by atoms with Gasteiger partial charge < -0.3 is 22.8 Å². The van der Waals surface area contributed by atoms with Crippen LogP contribution in [-0.2, 0) is 15.1 Å². The van der Waals surface area contributed by atoms with Gasteiger partial charge in [0, 0.05) is 6.61 Å². The molecule has 0 saturated carbocycles. The highest BCUT2D eigenvalue weighted by atomic mass is 19.4. The zero-order chi connectivity index (χ0) is 13.4. The van der Waals surface area contributed by atoms with E-state index < -0.39 is 24.0 Å². The summed E-state index contributed by atoms with van der Waals surface area (Å²) in [6.45, 7) is -4.76. The molecule has 1 atom stereocenters. The Labute approximate surface area is 102 Å². The normalized spacial score (nSPS) is 24.2. The molecule has 2 rings (SSSR count). The minimum atomic E-state index is -5.06. The molecule has 1 aromatic rings. The van der Waals surface area contributed by atoms with E-state index in [1.165, 1.54) is 12.1 Å². The Bertz CT molecular complexity index is 450. The van der Waals surface area contributed by atoms with E-state index >= 15 is 0 Å². The molecule has 1 aliphatic heterocycles. The minimum Gasteiger partial charge on any atom is -0.479 e. The van der Waals surface area contributed by atoms with E-state index in [0.717, 1.165) is 12.1 Å². The van der Waals surface area contributed by atoms with Crippen molar-refractivity contribution >= 4 is 18.4 Å². The van der Waals surface area contributed by atoms with Gasteiger partial charge in [-0.1, -0.05) is 24.3 Å². The molecule has 0 amide bonds. The molecule has 1 heterocycles. The van der Waals surface area contributed by atoms with Gasteiger partial charge in [-0.25, -0.2) is 4.79 Å². The van der Waals surface area contributed by atoms with Crippen molar-refractivity contribution in [2.45, 2.75) is 18.4 Å². The van der Waals surface area contributed by atoms with Crippen LogP contribution in [0.25, 0.3) is 0 Å². The van der Waals surface area contributed by atoms with Gasteiger partial charge in [0.2, 0.25) is 0 Å². The van der Waals surface area contributed by atoms with Crippen LogP contribution in [0, 0.1) is 0 Å². The van der Waals surface area contributed by atoms with E-state index in [4.69, 9.17) is 4.74 Å². The molecule has 0 bridgehead atoms. The lowest BCUT2D eigenvalue weighted by Crippen LogP contribution is -2.37. The number of rotatable bonds is 3. The molecule has 1 aliphatic rings. The Morgan fingerprint density at radius 2 is 1.89 bits per heavy atom. The summed E-state index contributed by atoms with van der Waals surface area (Å²) in [7, 11) is 0. The fraction of sp³-hybridized carbons (Fsp3) is 0.364. The molecule has 18 heavy (non-hydrogen) atoms. The first-order chi connectivity index (χ1) is 8.36. The first-order valence-corrected chi connectivity index (χ1v) is 5.54. The van der Waals surface area contributed by atoms with Gasteiger partial charge in [-0.05, 0) is 18.4 Å². The largest absolute Gasteiger partial charge is 0.509 e. The average molecular weight is 259 g/mol. The second-order valence-electron chi connectivity index (χ2n) is 4.28. The average Bonchev–Trinajstić information content (AvgIpc) is 2.78. The van der Waals surface area contributed by atoms with E-state index in [0.29, 0.717) is 13.0 Å². The third-order valence-electron chi connectivity index (χ3n) is 3.12. The summed E-state index contributed by atoms with van der Waals surface area (Å²) in [6.07, 6.45) is 0.857. The number of hydrogen-bond acceptors (Lipinski definition) is 2. The lowest BCUT2D eigenvalue weighted by atomic mass is 9.78. The van der Waals surface area contributed by atoms with Crippen LogP contribution in [0.5, 0.6) is 0 Å². The van der Waals surface area contributed by atoms with Crippen LogP contribution < -0.4 is 5.46 Å². The predicted octanol–water partition coefficient (Wildman–Crippen LogP) is 1.83. The number of benzene rings is 1. The number of ether oxygens (including phenoxy) is 1. The standard InChI is InChI=1S/C11H11BF3O3/c13-12(14,15)9-4-2-8(3-5-9)11(10(16)17)6-1-7-18-11/h2-5H,1,6-7H2,(H,16,17)/q-1. The third kappa shape index (κ3) is 2.10. The van der Waals surface area contributed by atoms with E-state index in [1.807, 2.05) is 0 Å². The summed E-state index contributed by atoms with van der Waals surface area (Å²) in [5.41, 5.74) is -1.97. The van der Waals surface area contributed by atoms with Crippen LogP contribution in [0.3, 0.4) is 0 Å². The van der Waals surface area contributed by atoms with Crippen molar-refractivity contribution in [2.24, 2.45) is 0 Å². The van der Waals surface area contributed by atoms with E-state index in [2.05, 4.69) is 0 Å². The first-order valence-electron chi connectivity index (χ1n) is 5.54. The monoisotopic (exact) mass is 259 g/mol. The van der Waals surface area contributed by atoms with Gasteiger partial charge >= 0.3 is 12.9 Å². The van der Waals surface area contributed by atoms with Crippen LogP contribution in [0.2, 0.25) is 0 Å². The van der Waals surface area contributed by atoms with Gasteiger partial charge in [-0.15, -0.1) is 5.46 Å². The maximum atomic E-state index is 12.5. The van der Waals surface area contributed by atoms with Crippen molar-refractivity contribution in [3.63, 3.8) is 0 Å². The Morgan fingerprint density at radius 1 is 1.28 bits per heavy atom. The third-order valence-corrected chi connectivity index (χ3v) is 3.12. The quantitative estimate of drug-likeness (QED) is 0.842. The Morgan fingerprint density at radius 3 is 2.28 bits per heavy atom. The highest BCUT2D eigenvalue weighted by molar-refractivity contribution is 6.73. The maximum Gasteiger partial charge on any atom is 0.509 e. The Kier molecular flexibility index (Phi) is 3.10. The summed E-state index contributed by atoms with van der Waals surface area (Å²) in [5, 5.41) is 9.20. The van der Waals surface area contributed by atoms with Crippen LogP contribution in [0.1, 0.15) is 18.4 Å². The number of carboxylic acid groups (broad SMARTS) is 1. The first kappa shape index (κ1) is 12.9. The van der Waals surface area contributed by atoms with Gasteiger partial charge in [0.15, 0.2) is 5.60 Å². The summed E-state index contributed by atoms with van der Waals surface area (Å²) in [5.74, 6) is -1.16. The van der Waals surface area contributed by atoms with Gasteiger partial charge in [0.05, 0.1) is 0 Å². The van der Waals surface area contributed by atoms with E-state index in [9.17, 15) is 22.8 Å². The van der Waals surface area contributed by atoms with Crippen molar-refractivity contribution in [3.05, 3.63) is 29.8 Å². The number of hydrogen-bond donors (Lipinski definition) is 1. The Balaban J connectivity index is 2.36. The van der Waals surface area contributed by atoms with Crippen LogP contribution in [0.4, 0.5) is 12.9 Å². The number of aliphatic carboxylic acids is 1. The molecule has 1 unspecified atom stereocenters. The van der Waals surface area contributed by atoms with Crippen LogP contribution in [-0.4, -0.2) is 24.7 Å². The van der Waals surface area contributed by atoms with Crippen molar-refractivity contribution in [1.29, 1.82) is 0 Å². The molecule has 0 aliphatic carbocycles. The number of carboxylic acids is 1. The maximum absolute atomic E-state index is 12.5. The van der Waals surface area contributed by atoms with Crippen LogP contribution >= 0.6 is 0 Å². The number of carbonyl (C=O) groups is 1. The molecule has 98 valence electrons. The minimum absolute atomic E-state index is 0.260. The molecule has 3 nitrogen and oxygen atoms in total. The lowest BCUT2D eigenvalue weighted by Gasteiger charge is -2.25. The molecule has 1 aromatic carbocycles. The number of halogens is 3. The molecular weight excluding hydrogens is 248 g/mol. The van der Waals surface area contributed by atoms with Crippen molar-refractivity contribution in [1.82, 2.24) is 0 Å². The van der Waals surface area contributed by atoms with Gasteiger partial charge in [-0.3, -0.25) is 0 Å². The molecule has 0 radical (unpaired) electrons. The van der Waals surface area contributed by atoms with Gasteiger partial charge in [0.25, 0.3) is 0 Å². The van der Waals surface area contributed by atoms with Gasteiger partial charge in [0.1, 0.15) is 0 Å². The molecule has 1 saturated heterocycles. The SMILES string of the molecule is O=C(O)C1(c2ccc([B-](F)(F)F)cc2)CCCO1. The molecule has 1 N–H and O–H groups in total. The van der Waals surface area contributed by atoms with Crippen molar-refractivity contribution in [2.75, 3.05) is 6.61 Å². The van der Waals surface area contributed by atoms with E-state index in [-0.39, 0.29) is 12.0 Å². The molecule has 0 spiro atoms. The Hall–Kier alpha value is -1.50. The predicted molar refractivity (Wildman–Crippen MR) is 59.7 cm³/mol. The highest BCUT2D eigenvalue weighted by Crippen LogP contribution is 2.36. The molecule has 1 fully saturated rings. The molecular formula is C11H11BF3O3-.